The maximum Gasteiger partial charge on any atom is 0.400 e. The minimum Gasteiger partial charge on any atom is -0.507 e. The summed E-state index contributed by atoms with van der Waals surface area (Å²) in [5, 5.41) is 10.2. The van der Waals surface area contributed by atoms with Gasteiger partial charge >= 0.3 is 7.94 Å². The number of phenolic OH excluding ortho intramolecular Hbond substituents is 1. The summed E-state index contributed by atoms with van der Waals surface area (Å²) in [4.78, 5) is 23.2. The lowest BCUT2D eigenvalue weighted by atomic mass is 9.94. The Morgan fingerprint density at radius 3 is 1.58 bits per heavy atom. The summed E-state index contributed by atoms with van der Waals surface area (Å²) in [6.07, 6.45) is 0. The van der Waals surface area contributed by atoms with Crippen molar-refractivity contribution in [1.29, 1.82) is 0 Å². The third kappa shape index (κ3) is 5.44. The molecule has 4 N–H and O–H groups in total. The van der Waals surface area contributed by atoms with Crippen LogP contribution in [0, 0.1) is 0 Å². The third-order valence-corrected chi connectivity index (χ3v) is 3.19. The normalized spacial score (nSPS) is 10.7. The maximum absolute atomic E-state index is 10.2. The van der Waals surface area contributed by atoms with E-state index in [1.165, 1.54) is 0 Å². The lowest BCUT2D eigenvalue weighted by Crippen LogP contribution is -1.85. The van der Waals surface area contributed by atoms with Gasteiger partial charge in [0.15, 0.2) is 0 Å². The van der Waals surface area contributed by atoms with E-state index in [1.54, 1.807) is 6.07 Å². The van der Waals surface area contributed by atoms with Crippen molar-refractivity contribution in [2.45, 2.75) is 0 Å². The van der Waals surface area contributed by atoms with Crippen LogP contribution in [-0.2, 0) is 0 Å². The Labute approximate surface area is 141 Å². The van der Waals surface area contributed by atoms with Gasteiger partial charge in [0, 0.05) is 5.56 Å². The predicted molar refractivity (Wildman–Crippen MR) is 98.5 cm³/mol. The molecule has 0 aliphatic carbocycles. The molecule has 3 rings (SSSR count). The monoisotopic (exact) mass is 343 g/mol. The third-order valence-electron chi connectivity index (χ3n) is 3.19. The number of benzene rings is 3. The fourth-order valence-electron chi connectivity index (χ4n) is 2.31. The van der Waals surface area contributed by atoms with Crippen LogP contribution in [0.2, 0.25) is 0 Å². The van der Waals surface area contributed by atoms with Gasteiger partial charge in [-0.05, 0) is 22.8 Å². The molecule has 0 fully saturated rings. The molecule has 124 valence electrons. The summed E-state index contributed by atoms with van der Waals surface area (Å²) in [6, 6.07) is 25.7. The van der Waals surface area contributed by atoms with E-state index in [2.05, 4.69) is 12.1 Å². The highest BCUT2D eigenvalue weighted by molar-refractivity contribution is 7.57. The zero-order valence-corrected chi connectivity index (χ0v) is 14.1. The lowest BCUT2D eigenvalue weighted by Gasteiger charge is -2.12. The quantitative estimate of drug-likeness (QED) is 0.529. The molecule has 0 aliphatic rings. The van der Waals surface area contributed by atoms with Crippen LogP contribution in [0.5, 0.6) is 5.75 Å². The minimum absolute atomic E-state index is 0.313. The summed E-state index contributed by atoms with van der Waals surface area (Å²) in [6.45, 7) is 0.965. The highest BCUT2D eigenvalue weighted by Gasteiger charge is 2.17. The molecule has 5 heteroatoms. The highest BCUT2D eigenvalue weighted by atomic mass is 31.2. The molecule has 0 aromatic heterocycles. The van der Waals surface area contributed by atoms with Crippen LogP contribution in [0.4, 0.5) is 0 Å². The maximum atomic E-state index is 10.2. The molecule has 0 unspecified atom stereocenters. The second-order valence-corrected chi connectivity index (χ2v) is 7.04. The molecule has 0 spiro atoms. The van der Waals surface area contributed by atoms with Gasteiger partial charge in [-0.3, -0.25) is 0 Å². The number of hydrogen-bond donors (Lipinski definition) is 4. The van der Waals surface area contributed by atoms with Crippen molar-refractivity contribution >= 4 is 7.94 Å². The van der Waals surface area contributed by atoms with Gasteiger partial charge < -0.3 is 5.11 Å². The Morgan fingerprint density at radius 2 is 1.08 bits per heavy atom. The first-order chi connectivity index (χ1) is 11.4. The number of aromatic hydroxyl groups is 1. The van der Waals surface area contributed by atoms with Gasteiger partial charge in [-0.1, -0.05) is 72.8 Å². The van der Waals surface area contributed by atoms with Crippen molar-refractivity contribution in [2.75, 3.05) is 6.66 Å². The SMILES string of the molecule is C[P+](O)(O)O.Oc1cccc(-c2ccccc2)c1-c1ccccc1. The molecular formula is C19H20O4P+. The van der Waals surface area contributed by atoms with Crippen molar-refractivity contribution in [1.82, 2.24) is 0 Å². The standard InChI is InChI=1S/C18H14O.CH6O3P/c19-17-13-7-12-16(14-8-3-1-4-9-14)18(17)15-10-5-2-6-11-15;1-5(2,3)4/h1-13,19H;2-4H,1H3/q;+1. The van der Waals surface area contributed by atoms with Crippen LogP contribution in [0.15, 0.2) is 78.9 Å². The molecule has 0 aliphatic heterocycles. The fraction of sp³-hybridized carbons (Fsp3) is 0.0526. The zero-order chi connectivity index (χ0) is 17.6. The molecular weight excluding hydrogens is 323 g/mol. The van der Waals surface area contributed by atoms with Gasteiger partial charge in [0.05, 0.1) is 0 Å². The molecule has 0 heterocycles. The summed E-state index contributed by atoms with van der Waals surface area (Å²) < 4.78 is 0. The molecule has 24 heavy (non-hydrogen) atoms. The first-order valence-corrected chi connectivity index (χ1v) is 9.43. The van der Waals surface area contributed by atoms with E-state index >= 15 is 0 Å². The molecule has 0 amide bonds. The molecule has 4 nitrogen and oxygen atoms in total. The van der Waals surface area contributed by atoms with E-state index < -0.39 is 7.94 Å². The van der Waals surface area contributed by atoms with Gasteiger partial charge in [0.1, 0.15) is 12.4 Å². The molecule has 3 aromatic carbocycles. The molecule has 0 atom stereocenters. The zero-order valence-electron chi connectivity index (χ0n) is 13.2. The molecule has 0 bridgehead atoms. The highest BCUT2D eigenvalue weighted by Crippen LogP contribution is 2.38. The Kier molecular flexibility index (Phi) is 6.07. The predicted octanol–water partition coefficient (Wildman–Crippen LogP) is 4.08. The Hall–Kier alpha value is -2.23. The smallest absolute Gasteiger partial charge is 0.400 e. The van der Waals surface area contributed by atoms with Crippen LogP contribution in [-0.4, -0.2) is 26.5 Å². The van der Waals surface area contributed by atoms with Crippen molar-refractivity contribution < 1.29 is 19.8 Å². The van der Waals surface area contributed by atoms with E-state index in [4.69, 9.17) is 14.7 Å². The van der Waals surface area contributed by atoms with Gasteiger partial charge in [-0.15, -0.1) is 0 Å². The molecule has 0 radical (unpaired) electrons. The van der Waals surface area contributed by atoms with Crippen LogP contribution in [0.3, 0.4) is 0 Å². The van der Waals surface area contributed by atoms with E-state index in [0.29, 0.717) is 5.75 Å². The first kappa shape index (κ1) is 18.1. The van der Waals surface area contributed by atoms with Gasteiger partial charge in [-0.25, -0.2) is 0 Å². The Balaban J connectivity index is 0.000000368. The minimum atomic E-state index is -3.39. The van der Waals surface area contributed by atoms with E-state index in [1.807, 2.05) is 60.7 Å². The van der Waals surface area contributed by atoms with Gasteiger partial charge in [0.2, 0.25) is 0 Å². The van der Waals surface area contributed by atoms with Crippen molar-refractivity contribution in [2.24, 2.45) is 0 Å². The van der Waals surface area contributed by atoms with Crippen molar-refractivity contribution in [3.63, 3.8) is 0 Å². The lowest BCUT2D eigenvalue weighted by molar-refractivity contribution is 0.340. The molecule has 0 saturated heterocycles. The fourth-order valence-corrected chi connectivity index (χ4v) is 2.31. The van der Waals surface area contributed by atoms with Crippen LogP contribution in [0.1, 0.15) is 0 Å². The van der Waals surface area contributed by atoms with E-state index in [9.17, 15) is 5.11 Å². The number of rotatable bonds is 2. The Bertz CT molecular complexity index is 762. The Morgan fingerprint density at radius 1 is 0.625 bits per heavy atom. The topological polar surface area (TPSA) is 80.9 Å². The van der Waals surface area contributed by atoms with Gasteiger partial charge in [-0.2, -0.15) is 14.7 Å². The van der Waals surface area contributed by atoms with Crippen molar-refractivity contribution in [3.05, 3.63) is 78.9 Å². The van der Waals surface area contributed by atoms with Gasteiger partial charge in [0.25, 0.3) is 0 Å². The summed E-state index contributed by atoms with van der Waals surface area (Å²) in [5.74, 6) is 0.313. The van der Waals surface area contributed by atoms with Crippen LogP contribution >= 0.6 is 7.94 Å². The summed E-state index contributed by atoms with van der Waals surface area (Å²) >= 11 is 0. The average Bonchev–Trinajstić information content (AvgIpc) is 2.55. The summed E-state index contributed by atoms with van der Waals surface area (Å²) in [7, 11) is -3.39. The average molecular weight is 343 g/mol. The van der Waals surface area contributed by atoms with E-state index in [-0.39, 0.29) is 0 Å². The second-order valence-electron chi connectivity index (χ2n) is 5.30. The largest absolute Gasteiger partial charge is 0.507 e. The number of phenols is 1. The van der Waals surface area contributed by atoms with Crippen LogP contribution in [0.25, 0.3) is 22.3 Å². The molecule has 3 aromatic rings. The molecule has 0 saturated carbocycles. The van der Waals surface area contributed by atoms with E-state index in [0.717, 1.165) is 28.9 Å². The van der Waals surface area contributed by atoms with Crippen molar-refractivity contribution in [3.8, 4) is 28.0 Å². The first-order valence-electron chi connectivity index (χ1n) is 7.34. The number of hydrogen-bond acceptors (Lipinski definition) is 4. The summed E-state index contributed by atoms with van der Waals surface area (Å²) in [5.41, 5.74) is 4.07. The van der Waals surface area contributed by atoms with Crippen LogP contribution < -0.4 is 0 Å². The second kappa shape index (κ2) is 8.04.